The Bertz CT molecular complexity index is 777. The fourth-order valence-corrected chi connectivity index (χ4v) is 3.52. The van der Waals surface area contributed by atoms with Crippen molar-refractivity contribution in [2.24, 2.45) is 5.73 Å². The van der Waals surface area contributed by atoms with E-state index in [9.17, 15) is 4.79 Å². The molecule has 24 heavy (non-hydrogen) atoms. The average molecular weight is 320 g/mol. The lowest BCUT2D eigenvalue weighted by atomic mass is 9.90. The van der Waals surface area contributed by atoms with E-state index >= 15 is 0 Å². The Morgan fingerprint density at radius 2 is 1.92 bits per heavy atom. The Morgan fingerprint density at radius 1 is 1.12 bits per heavy atom. The molecule has 3 heteroatoms. The van der Waals surface area contributed by atoms with E-state index in [0.717, 1.165) is 31.4 Å². The summed E-state index contributed by atoms with van der Waals surface area (Å²) < 4.78 is 0. The molecule has 0 aromatic heterocycles. The van der Waals surface area contributed by atoms with Crippen molar-refractivity contribution in [3.05, 3.63) is 76.4 Å². The number of hydrogen-bond acceptors (Lipinski definition) is 2. The summed E-state index contributed by atoms with van der Waals surface area (Å²) in [5, 5.41) is 3.20. The number of aryl methyl sites for hydroxylation is 1. The molecular formula is C21H24N2O. The van der Waals surface area contributed by atoms with E-state index in [1.165, 1.54) is 27.8 Å². The highest BCUT2D eigenvalue weighted by Crippen LogP contribution is 2.35. The van der Waals surface area contributed by atoms with E-state index in [-0.39, 0.29) is 5.91 Å². The van der Waals surface area contributed by atoms with Crippen molar-refractivity contribution in [1.82, 2.24) is 5.32 Å². The van der Waals surface area contributed by atoms with Crippen LogP contribution in [0.4, 0.5) is 0 Å². The number of fused-ring (bicyclic) bond motifs is 2. The highest BCUT2D eigenvalue weighted by Gasteiger charge is 2.20. The standard InChI is InChI=1S/C21H24N2O/c1-23-13-5-10-20-17-8-3-2-6-15(17)11-12-18-16(14-21(22)24)7-4-9-19(18)20/h2-4,6-10,23H,5,11-14H2,1H3,(H2,22,24)/b20-10-. The Kier molecular flexibility index (Phi) is 5.11. The van der Waals surface area contributed by atoms with Crippen LogP contribution in [0.15, 0.2) is 48.5 Å². The molecule has 0 fully saturated rings. The number of hydrogen-bond donors (Lipinski definition) is 2. The molecule has 0 bridgehead atoms. The van der Waals surface area contributed by atoms with Crippen LogP contribution >= 0.6 is 0 Å². The molecule has 2 aromatic rings. The normalized spacial score (nSPS) is 14.8. The third-order valence-electron chi connectivity index (χ3n) is 4.62. The lowest BCUT2D eigenvalue weighted by Crippen LogP contribution is -2.15. The van der Waals surface area contributed by atoms with Gasteiger partial charge in [-0.3, -0.25) is 4.79 Å². The summed E-state index contributed by atoms with van der Waals surface area (Å²) in [4.78, 5) is 11.5. The molecule has 0 unspecified atom stereocenters. The number of benzene rings is 2. The van der Waals surface area contributed by atoms with Gasteiger partial charge in [-0.05, 0) is 66.2 Å². The van der Waals surface area contributed by atoms with Crippen LogP contribution in [-0.4, -0.2) is 19.5 Å². The van der Waals surface area contributed by atoms with E-state index in [1.807, 2.05) is 19.2 Å². The number of carbonyl (C=O) groups is 1. The maximum absolute atomic E-state index is 11.5. The molecule has 0 heterocycles. The molecule has 1 amide bonds. The van der Waals surface area contributed by atoms with Crippen LogP contribution in [0.1, 0.15) is 34.2 Å². The van der Waals surface area contributed by atoms with E-state index in [4.69, 9.17) is 5.73 Å². The first-order valence-corrected chi connectivity index (χ1v) is 8.53. The molecule has 0 spiro atoms. The van der Waals surface area contributed by atoms with Crippen molar-refractivity contribution in [3.63, 3.8) is 0 Å². The molecule has 1 aliphatic rings. The number of nitrogens with one attached hydrogen (secondary N) is 1. The number of rotatable bonds is 5. The van der Waals surface area contributed by atoms with Crippen molar-refractivity contribution in [3.8, 4) is 0 Å². The van der Waals surface area contributed by atoms with Gasteiger partial charge in [-0.2, -0.15) is 0 Å². The zero-order chi connectivity index (χ0) is 16.9. The second-order valence-electron chi connectivity index (χ2n) is 6.25. The van der Waals surface area contributed by atoms with Crippen LogP contribution in [0.25, 0.3) is 5.57 Å². The molecule has 2 aromatic carbocycles. The van der Waals surface area contributed by atoms with Gasteiger partial charge in [0.05, 0.1) is 6.42 Å². The van der Waals surface area contributed by atoms with Gasteiger partial charge >= 0.3 is 0 Å². The second kappa shape index (κ2) is 7.45. The Morgan fingerprint density at radius 3 is 2.71 bits per heavy atom. The van der Waals surface area contributed by atoms with E-state index in [0.29, 0.717) is 6.42 Å². The second-order valence-corrected chi connectivity index (χ2v) is 6.25. The monoisotopic (exact) mass is 320 g/mol. The lowest BCUT2D eigenvalue weighted by Gasteiger charge is -2.14. The van der Waals surface area contributed by atoms with Crippen LogP contribution in [0.5, 0.6) is 0 Å². The fraction of sp³-hybridized carbons (Fsp3) is 0.286. The highest BCUT2D eigenvalue weighted by molar-refractivity contribution is 5.85. The Balaban J connectivity index is 2.13. The SMILES string of the molecule is CNCC/C=C1/c2ccccc2CCc2c(CC(N)=O)cccc21. The lowest BCUT2D eigenvalue weighted by molar-refractivity contribution is -0.117. The number of nitrogens with two attached hydrogens (primary N) is 1. The Hall–Kier alpha value is -2.39. The van der Waals surface area contributed by atoms with Gasteiger partial charge in [-0.15, -0.1) is 0 Å². The van der Waals surface area contributed by atoms with Crippen LogP contribution in [-0.2, 0) is 24.1 Å². The van der Waals surface area contributed by atoms with Crippen LogP contribution in [0, 0.1) is 0 Å². The van der Waals surface area contributed by atoms with Crippen LogP contribution < -0.4 is 11.1 Å². The third kappa shape index (κ3) is 3.41. The van der Waals surface area contributed by atoms with Gasteiger partial charge in [0.25, 0.3) is 0 Å². The fourth-order valence-electron chi connectivity index (χ4n) is 3.52. The summed E-state index contributed by atoms with van der Waals surface area (Å²) in [5.74, 6) is -0.272. The van der Waals surface area contributed by atoms with E-state index in [2.05, 4.69) is 41.7 Å². The summed E-state index contributed by atoms with van der Waals surface area (Å²) in [5.41, 5.74) is 13.0. The Labute approximate surface area is 143 Å². The van der Waals surface area contributed by atoms with Crippen molar-refractivity contribution >= 4 is 11.5 Å². The maximum atomic E-state index is 11.5. The average Bonchev–Trinajstić information content (AvgIpc) is 2.73. The first kappa shape index (κ1) is 16.5. The molecule has 0 aliphatic heterocycles. The summed E-state index contributed by atoms with van der Waals surface area (Å²) in [7, 11) is 1.97. The zero-order valence-electron chi connectivity index (χ0n) is 14.1. The largest absolute Gasteiger partial charge is 0.369 e. The van der Waals surface area contributed by atoms with Crippen LogP contribution in [0.2, 0.25) is 0 Å². The molecule has 0 saturated heterocycles. The summed E-state index contributed by atoms with van der Waals surface area (Å²) >= 11 is 0. The molecule has 124 valence electrons. The molecule has 0 saturated carbocycles. The first-order valence-electron chi connectivity index (χ1n) is 8.53. The minimum atomic E-state index is -0.272. The van der Waals surface area contributed by atoms with Gasteiger partial charge in [-0.1, -0.05) is 48.5 Å². The molecular weight excluding hydrogens is 296 g/mol. The minimum absolute atomic E-state index is 0.272. The van der Waals surface area contributed by atoms with E-state index < -0.39 is 0 Å². The van der Waals surface area contributed by atoms with Gasteiger partial charge in [0.2, 0.25) is 5.91 Å². The number of carbonyl (C=O) groups excluding carboxylic acids is 1. The third-order valence-corrected chi connectivity index (χ3v) is 4.62. The topological polar surface area (TPSA) is 55.1 Å². The minimum Gasteiger partial charge on any atom is -0.369 e. The van der Waals surface area contributed by atoms with Crippen molar-refractivity contribution in [1.29, 1.82) is 0 Å². The summed E-state index contributed by atoms with van der Waals surface area (Å²) in [6.07, 6.45) is 5.53. The van der Waals surface area contributed by atoms with Crippen molar-refractivity contribution in [2.75, 3.05) is 13.6 Å². The van der Waals surface area contributed by atoms with Gasteiger partial charge < -0.3 is 11.1 Å². The molecule has 3 N–H and O–H groups in total. The van der Waals surface area contributed by atoms with Gasteiger partial charge in [0, 0.05) is 0 Å². The highest BCUT2D eigenvalue weighted by atomic mass is 16.1. The van der Waals surface area contributed by atoms with Crippen LogP contribution in [0.3, 0.4) is 0 Å². The summed E-state index contributed by atoms with van der Waals surface area (Å²) in [6.45, 7) is 0.946. The maximum Gasteiger partial charge on any atom is 0.221 e. The molecule has 3 nitrogen and oxygen atoms in total. The quantitative estimate of drug-likeness (QED) is 0.832. The molecule has 3 rings (SSSR count). The zero-order valence-corrected chi connectivity index (χ0v) is 14.1. The predicted molar refractivity (Wildman–Crippen MR) is 98.8 cm³/mol. The molecule has 0 radical (unpaired) electrons. The first-order chi connectivity index (χ1) is 11.7. The van der Waals surface area contributed by atoms with Gasteiger partial charge in [0.1, 0.15) is 0 Å². The summed E-state index contributed by atoms with van der Waals surface area (Å²) in [6, 6.07) is 14.9. The number of primary amides is 1. The van der Waals surface area contributed by atoms with Gasteiger partial charge in [-0.25, -0.2) is 0 Å². The predicted octanol–water partition coefficient (Wildman–Crippen LogP) is 2.85. The smallest absolute Gasteiger partial charge is 0.221 e. The van der Waals surface area contributed by atoms with Crippen molar-refractivity contribution in [2.45, 2.75) is 25.7 Å². The van der Waals surface area contributed by atoms with Gasteiger partial charge in [0.15, 0.2) is 0 Å². The molecule has 1 aliphatic carbocycles. The van der Waals surface area contributed by atoms with Crippen molar-refractivity contribution < 1.29 is 4.79 Å². The van der Waals surface area contributed by atoms with E-state index in [1.54, 1.807) is 0 Å². The number of amides is 1. The molecule has 0 atom stereocenters.